The van der Waals surface area contributed by atoms with Crippen LogP contribution in [0.3, 0.4) is 0 Å². The number of carbonyl (C=O) groups is 1. The second-order valence-electron chi connectivity index (χ2n) is 6.30. The van der Waals surface area contributed by atoms with Gasteiger partial charge in [-0.25, -0.2) is 0 Å². The summed E-state index contributed by atoms with van der Waals surface area (Å²) in [6.07, 6.45) is 0. The first-order chi connectivity index (χ1) is 12.2. The Labute approximate surface area is 165 Å². The van der Waals surface area contributed by atoms with Gasteiger partial charge in [0.15, 0.2) is 0 Å². The molecule has 0 radical (unpaired) electrons. The largest absolute Gasteiger partial charge is 1.00 e. The maximum atomic E-state index is 11.6. The predicted molar refractivity (Wildman–Crippen MR) is 94.7 cm³/mol. The monoisotopic (exact) mass is 335 g/mol. The summed E-state index contributed by atoms with van der Waals surface area (Å²) < 4.78 is 0. The van der Waals surface area contributed by atoms with Crippen LogP contribution in [-0.2, 0) is 10.3 Å². The van der Waals surface area contributed by atoms with E-state index in [9.17, 15) is 9.90 Å². The Hall–Kier alpha value is -2.31. The van der Waals surface area contributed by atoms with E-state index in [0.29, 0.717) is 6.54 Å². The summed E-state index contributed by atoms with van der Waals surface area (Å²) >= 11 is 0. The normalized spacial score (nSPS) is 18.6. The molecule has 0 amide bonds. The van der Waals surface area contributed by atoms with E-state index in [1.165, 1.54) is 0 Å². The molecule has 1 aliphatic heterocycles. The molecule has 2 atom stereocenters. The van der Waals surface area contributed by atoms with Crippen molar-refractivity contribution in [2.75, 3.05) is 6.54 Å². The third-order valence-corrected chi connectivity index (χ3v) is 4.89. The van der Waals surface area contributed by atoms with Crippen molar-refractivity contribution >= 4 is 5.97 Å². The van der Waals surface area contributed by atoms with Crippen LogP contribution in [0.25, 0.3) is 0 Å². The summed E-state index contributed by atoms with van der Waals surface area (Å²) in [6, 6.07) is 29.7. The smallest absolute Gasteiger partial charge is 0.548 e. The molecule has 4 rings (SSSR count). The van der Waals surface area contributed by atoms with Crippen molar-refractivity contribution in [3.8, 4) is 0 Å². The van der Waals surface area contributed by atoms with Crippen LogP contribution in [0.1, 0.15) is 16.7 Å². The quantitative estimate of drug-likeness (QED) is 0.356. The van der Waals surface area contributed by atoms with E-state index in [2.05, 4.69) is 36.4 Å². The van der Waals surface area contributed by atoms with E-state index < -0.39 is 17.6 Å². The Bertz CT molecular complexity index is 772. The molecule has 1 heterocycles. The van der Waals surface area contributed by atoms with E-state index in [4.69, 9.17) is 0 Å². The molecule has 0 bridgehead atoms. The van der Waals surface area contributed by atoms with E-state index in [-0.39, 0.29) is 18.9 Å². The minimum absolute atomic E-state index is 0. The molecule has 1 saturated heterocycles. The van der Waals surface area contributed by atoms with Gasteiger partial charge >= 0.3 is 18.9 Å². The van der Waals surface area contributed by atoms with Gasteiger partial charge in [0, 0.05) is 6.54 Å². The van der Waals surface area contributed by atoms with Crippen molar-refractivity contribution in [3.05, 3.63) is 108 Å². The number of carbonyl (C=O) groups excluding carboxylic acids is 1. The van der Waals surface area contributed by atoms with Crippen molar-refractivity contribution < 1.29 is 28.8 Å². The minimum Gasteiger partial charge on any atom is -0.548 e. The zero-order chi connectivity index (χ0) is 17.3. The van der Waals surface area contributed by atoms with Crippen molar-refractivity contribution in [2.24, 2.45) is 0 Å². The predicted octanol–water partition coefficient (Wildman–Crippen LogP) is -0.583. The maximum Gasteiger partial charge on any atom is 1.00 e. The van der Waals surface area contributed by atoms with Crippen LogP contribution in [0.15, 0.2) is 91.0 Å². The molecule has 1 fully saturated rings. The third-order valence-electron chi connectivity index (χ3n) is 4.89. The SMILES string of the molecule is O=C([O-])[C@H]1CN1C(c1ccccc1)(c1ccccc1)c1ccccc1.[Li+]. The van der Waals surface area contributed by atoms with Crippen molar-refractivity contribution in [1.82, 2.24) is 4.90 Å². The zero-order valence-electron chi connectivity index (χ0n) is 14.7. The summed E-state index contributed by atoms with van der Waals surface area (Å²) in [5, 5.41) is 11.6. The van der Waals surface area contributed by atoms with Crippen LogP contribution in [0.4, 0.5) is 0 Å². The summed E-state index contributed by atoms with van der Waals surface area (Å²) in [4.78, 5) is 13.6. The molecule has 0 N–H and O–H groups in total. The fourth-order valence-electron chi connectivity index (χ4n) is 3.75. The number of aliphatic carboxylic acids is 1. The number of nitrogens with zero attached hydrogens (tertiary/aromatic N) is 1. The Morgan fingerprint density at radius 1 is 0.769 bits per heavy atom. The van der Waals surface area contributed by atoms with Crippen LogP contribution in [0, 0.1) is 0 Å². The van der Waals surface area contributed by atoms with Crippen molar-refractivity contribution in [1.29, 1.82) is 0 Å². The second-order valence-corrected chi connectivity index (χ2v) is 6.30. The average Bonchev–Trinajstić information content (AvgIpc) is 3.47. The Balaban J connectivity index is 0.00000196. The van der Waals surface area contributed by atoms with Crippen LogP contribution in [-0.4, -0.2) is 23.5 Å². The molecule has 1 unspecified atom stereocenters. The molecule has 1 aliphatic rings. The van der Waals surface area contributed by atoms with Gasteiger partial charge in [-0.15, -0.1) is 0 Å². The van der Waals surface area contributed by atoms with Gasteiger partial charge in [-0.05, 0) is 16.7 Å². The fraction of sp³-hybridized carbons (Fsp3) is 0.136. The number of carboxylic acid groups (broad SMARTS) is 1. The first-order valence-electron chi connectivity index (χ1n) is 8.39. The number of rotatable bonds is 5. The third kappa shape index (κ3) is 2.99. The molecular formula is C22H18LiNO2. The second kappa shape index (κ2) is 7.51. The molecule has 0 spiro atoms. The standard InChI is InChI=1S/C22H19NO2.Li/c24-21(25)20-16-23(20)22(17-10-4-1-5-11-17,18-12-6-2-7-13-18)19-14-8-3-9-15-19;/h1-15,20H,16H2,(H,24,25);/q;+1/p-1/t20-,23?;/m1./s1. The summed E-state index contributed by atoms with van der Waals surface area (Å²) in [7, 11) is 0. The summed E-state index contributed by atoms with van der Waals surface area (Å²) in [5.74, 6) is -1.02. The van der Waals surface area contributed by atoms with Gasteiger partial charge in [-0.1, -0.05) is 91.0 Å². The minimum atomic E-state index is -1.02. The Kier molecular flexibility index (Phi) is 5.34. The van der Waals surface area contributed by atoms with Crippen LogP contribution >= 0.6 is 0 Å². The van der Waals surface area contributed by atoms with Gasteiger partial charge in [0.25, 0.3) is 0 Å². The molecule has 3 aromatic carbocycles. The maximum absolute atomic E-state index is 11.6. The molecule has 26 heavy (non-hydrogen) atoms. The molecule has 124 valence electrons. The molecule has 4 heteroatoms. The van der Waals surface area contributed by atoms with Crippen LogP contribution in [0.2, 0.25) is 0 Å². The van der Waals surface area contributed by atoms with Gasteiger partial charge in [0.05, 0.1) is 17.6 Å². The summed E-state index contributed by atoms with van der Waals surface area (Å²) in [5.41, 5.74) is 2.51. The van der Waals surface area contributed by atoms with Crippen LogP contribution in [0.5, 0.6) is 0 Å². The summed E-state index contributed by atoms with van der Waals surface area (Å²) in [6.45, 7) is 0.473. The number of benzene rings is 3. The van der Waals surface area contributed by atoms with Crippen molar-refractivity contribution in [3.63, 3.8) is 0 Å². The number of carboxylic acids is 1. The van der Waals surface area contributed by atoms with E-state index in [0.717, 1.165) is 16.7 Å². The number of hydrogen-bond donors (Lipinski definition) is 0. The molecular weight excluding hydrogens is 317 g/mol. The molecule has 3 nitrogen and oxygen atoms in total. The van der Waals surface area contributed by atoms with E-state index in [1.54, 1.807) is 0 Å². The fourth-order valence-corrected chi connectivity index (χ4v) is 3.75. The molecule has 0 aliphatic carbocycles. The molecule has 0 aromatic heterocycles. The van der Waals surface area contributed by atoms with E-state index >= 15 is 0 Å². The Morgan fingerprint density at radius 2 is 1.12 bits per heavy atom. The zero-order valence-corrected chi connectivity index (χ0v) is 14.7. The number of hydrogen-bond acceptors (Lipinski definition) is 3. The molecule has 0 saturated carbocycles. The van der Waals surface area contributed by atoms with Gasteiger partial charge in [0.2, 0.25) is 0 Å². The topological polar surface area (TPSA) is 43.1 Å². The first-order valence-corrected chi connectivity index (χ1v) is 8.39. The van der Waals surface area contributed by atoms with Gasteiger partial charge in [-0.3, -0.25) is 4.90 Å². The van der Waals surface area contributed by atoms with Crippen molar-refractivity contribution in [2.45, 2.75) is 11.6 Å². The van der Waals surface area contributed by atoms with Gasteiger partial charge < -0.3 is 9.90 Å². The van der Waals surface area contributed by atoms with Gasteiger partial charge in [0.1, 0.15) is 0 Å². The average molecular weight is 335 g/mol. The first kappa shape index (κ1) is 18.5. The Morgan fingerprint density at radius 3 is 1.38 bits per heavy atom. The molecule has 3 aromatic rings. The van der Waals surface area contributed by atoms with Gasteiger partial charge in [-0.2, -0.15) is 0 Å². The van der Waals surface area contributed by atoms with E-state index in [1.807, 2.05) is 59.5 Å². The van der Waals surface area contributed by atoms with Crippen LogP contribution < -0.4 is 24.0 Å².